The SMILES string of the molecule is CN(CC(=O)NC1(C#N)CCCC1)C1CCCCC1CN. The molecule has 5 heteroatoms. The van der Waals surface area contributed by atoms with Gasteiger partial charge in [0.25, 0.3) is 0 Å². The Morgan fingerprint density at radius 1 is 1.33 bits per heavy atom. The summed E-state index contributed by atoms with van der Waals surface area (Å²) in [5.74, 6) is 0.468. The first-order chi connectivity index (χ1) is 10.1. The van der Waals surface area contributed by atoms with Crippen LogP contribution in [-0.4, -0.2) is 42.5 Å². The van der Waals surface area contributed by atoms with Crippen molar-refractivity contribution in [2.45, 2.75) is 62.9 Å². The number of hydrogen-bond acceptors (Lipinski definition) is 4. The lowest BCUT2D eigenvalue weighted by Crippen LogP contribution is -2.51. The fraction of sp³-hybridized carbons (Fsp3) is 0.875. The Morgan fingerprint density at radius 3 is 2.62 bits per heavy atom. The summed E-state index contributed by atoms with van der Waals surface area (Å²) < 4.78 is 0. The first kappa shape index (κ1) is 16.3. The summed E-state index contributed by atoms with van der Waals surface area (Å²) >= 11 is 0. The Morgan fingerprint density at radius 2 is 2.00 bits per heavy atom. The van der Waals surface area contributed by atoms with E-state index in [1.807, 2.05) is 7.05 Å². The Kier molecular flexibility index (Phi) is 5.60. The van der Waals surface area contributed by atoms with Gasteiger partial charge in [0.2, 0.25) is 5.91 Å². The second-order valence-electron chi connectivity index (χ2n) is 6.71. The molecule has 2 atom stereocenters. The second kappa shape index (κ2) is 7.24. The molecular formula is C16H28N4O. The summed E-state index contributed by atoms with van der Waals surface area (Å²) in [6.45, 7) is 1.06. The van der Waals surface area contributed by atoms with Gasteiger partial charge in [-0.15, -0.1) is 0 Å². The van der Waals surface area contributed by atoms with E-state index in [9.17, 15) is 10.1 Å². The Hall–Kier alpha value is -1.12. The molecule has 0 spiro atoms. The van der Waals surface area contributed by atoms with Gasteiger partial charge < -0.3 is 11.1 Å². The highest BCUT2D eigenvalue weighted by Crippen LogP contribution is 2.29. The van der Waals surface area contributed by atoms with Crippen LogP contribution in [0.15, 0.2) is 0 Å². The van der Waals surface area contributed by atoms with Crippen molar-refractivity contribution in [2.24, 2.45) is 11.7 Å². The molecule has 1 amide bonds. The molecule has 2 unspecified atom stereocenters. The normalized spacial score (nSPS) is 28.3. The van der Waals surface area contributed by atoms with Crippen LogP contribution in [-0.2, 0) is 4.79 Å². The fourth-order valence-electron chi connectivity index (χ4n) is 3.94. The molecule has 2 fully saturated rings. The lowest BCUT2D eigenvalue weighted by Gasteiger charge is -2.37. The molecule has 0 bridgehead atoms. The van der Waals surface area contributed by atoms with Crippen LogP contribution in [0.5, 0.6) is 0 Å². The summed E-state index contributed by atoms with van der Waals surface area (Å²) in [4.78, 5) is 14.4. The Bertz CT molecular complexity index is 398. The minimum Gasteiger partial charge on any atom is -0.337 e. The average molecular weight is 292 g/mol. The molecular weight excluding hydrogens is 264 g/mol. The third kappa shape index (κ3) is 3.96. The first-order valence-corrected chi connectivity index (χ1v) is 8.23. The van der Waals surface area contributed by atoms with E-state index < -0.39 is 5.54 Å². The Labute approximate surface area is 127 Å². The van der Waals surface area contributed by atoms with Crippen molar-refractivity contribution in [1.82, 2.24) is 10.2 Å². The van der Waals surface area contributed by atoms with Crippen LogP contribution in [0.25, 0.3) is 0 Å². The van der Waals surface area contributed by atoms with Gasteiger partial charge in [0.05, 0.1) is 12.6 Å². The highest BCUT2D eigenvalue weighted by molar-refractivity contribution is 5.79. The smallest absolute Gasteiger partial charge is 0.235 e. The molecule has 21 heavy (non-hydrogen) atoms. The summed E-state index contributed by atoms with van der Waals surface area (Å²) in [5.41, 5.74) is 5.25. The van der Waals surface area contributed by atoms with E-state index in [2.05, 4.69) is 16.3 Å². The molecule has 2 aliphatic carbocycles. The van der Waals surface area contributed by atoms with Gasteiger partial charge in [0.1, 0.15) is 5.54 Å². The number of nitrogens with one attached hydrogen (secondary N) is 1. The summed E-state index contributed by atoms with van der Waals surface area (Å²) in [6, 6.07) is 2.71. The number of nitrogens with zero attached hydrogens (tertiary/aromatic N) is 2. The van der Waals surface area contributed by atoms with Crippen molar-refractivity contribution in [2.75, 3.05) is 20.1 Å². The number of carbonyl (C=O) groups is 1. The van der Waals surface area contributed by atoms with Crippen molar-refractivity contribution < 1.29 is 4.79 Å². The zero-order chi connectivity index (χ0) is 15.3. The van der Waals surface area contributed by atoms with Gasteiger partial charge in [-0.1, -0.05) is 12.8 Å². The van der Waals surface area contributed by atoms with Crippen LogP contribution < -0.4 is 11.1 Å². The van der Waals surface area contributed by atoms with Crippen molar-refractivity contribution in [3.8, 4) is 6.07 Å². The monoisotopic (exact) mass is 292 g/mol. The van der Waals surface area contributed by atoms with Gasteiger partial charge in [-0.2, -0.15) is 5.26 Å². The maximum Gasteiger partial charge on any atom is 0.235 e. The Balaban J connectivity index is 1.88. The van der Waals surface area contributed by atoms with Gasteiger partial charge in [0.15, 0.2) is 0 Å². The molecule has 2 saturated carbocycles. The first-order valence-electron chi connectivity index (χ1n) is 8.23. The predicted molar refractivity (Wildman–Crippen MR) is 82.4 cm³/mol. The molecule has 2 rings (SSSR count). The quantitative estimate of drug-likeness (QED) is 0.802. The lowest BCUT2D eigenvalue weighted by atomic mass is 9.83. The van der Waals surface area contributed by atoms with E-state index in [1.54, 1.807) is 0 Å². The van der Waals surface area contributed by atoms with Gasteiger partial charge in [-0.25, -0.2) is 0 Å². The zero-order valence-electron chi connectivity index (χ0n) is 13.1. The number of nitrogens with two attached hydrogens (primary N) is 1. The summed E-state index contributed by atoms with van der Waals surface area (Å²) in [5, 5.41) is 12.3. The van der Waals surface area contributed by atoms with Crippen LogP contribution >= 0.6 is 0 Å². The maximum atomic E-state index is 12.3. The van der Waals surface area contributed by atoms with E-state index in [1.165, 1.54) is 12.8 Å². The van der Waals surface area contributed by atoms with E-state index >= 15 is 0 Å². The van der Waals surface area contributed by atoms with E-state index in [0.29, 0.717) is 25.0 Å². The van der Waals surface area contributed by atoms with Gasteiger partial charge in [0, 0.05) is 6.04 Å². The number of nitriles is 1. The molecule has 118 valence electrons. The minimum atomic E-state index is -0.613. The number of carbonyl (C=O) groups excluding carboxylic acids is 1. The fourth-order valence-corrected chi connectivity index (χ4v) is 3.94. The standard InChI is InChI=1S/C16H28N4O/c1-20(14-7-3-2-6-13(14)10-17)11-15(21)19-16(12-18)8-4-5-9-16/h13-14H,2-11,17H2,1H3,(H,19,21). The molecule has 2 aliphatic rings. The van der Waals surface area contributed by atoms with Crippen molar-refractivity contribution in [1.29, 1.82) is 5.26 Å². The molecule has 0 heterocycles. The second-order valence-corrected chi connectivity index (χ2v) is 6.71. The molecule has 5 nitrogen and oxygen atoms in total. The van der Waals surface area contributed by atoms with Crippen LogP contribution in [0, 0.1) is 17.2 Å². The number of rotatable bonds is 5. The van der Waals surface area contributed by atoms with Gasteiger partial charge in [-0.3, -0.25) is 9.69 Å². The molecule has 0 aliphatic heterocycles. The van der Waals surface area contributed by atoms with Gasteiger partial charge >= 0.3 is 0 Å². The third-order valence-corrected chi connectivity index (χ3v) is 5.18. The van der Waals surface area contributed by atoms with E-state index in [-0.39, 0.29) is 5.91 Å². The highest BCUT2D eigenvalue weighted by Gasteiger charge is 2.36. The van der Waals surface area contributed by atoms with Crippen molar-refractivity contribution in [3.05, 3.63) is 0 Å². The van der Waals surface area contributed by atoms with Crippen LogP contribution in [0.1, 0.15) is 51.4 Å². The number of likely N-dealkylation sites (N-methyl/N-ethyl adjacent to an activating group) is 1. The van der Waals surface area contributed by atoms with E-state index in [4.69, 9.17) is 5.73 Å². The largest absolute Gasteiger partial charge is 0.337 e. The molecule has 3 N–H and O–H groups in total. The average Bonchev–Trinajstić information content (AvgIpc) is 2.96. The topological polar surface area (TPSA) is 82.2 Å². The molecule has 0 aromatic heterocycles. The van der Waals surface area contributed by atoms with Crippen LogP contribution in [0.2, 0.25) is 0 Å². The van der Waals surface area contributed by atoms with Crippen molar-refractivity contribution >= 4 is 5.91 Å². The molecule has 0 radical (unpaired) electrons. The van der Waals surface area contributed by atoms with Crippen LogP contribution in [0.4, 0.5) is 0 Å². The third-order valence-electron chi connectivity index (χ3n) is 5.18. The number of hydrogen-bond donors (Lipinski definition) is 2. The minimum absolute atomic E-state index is 0.0257. The maximum absolute atomic E-state index is 12.3. The molecule has 0 saturated heterocycles. The predicted octanol–water partition coefficient (Wildman–Crippen LogP) is 1.39. The summed E-state index contributed by atoms with van der Waals surface area (Å²) in [7, 11) is 2.01. The molecule has 0 aromatic carbocycles. The summed E-state index contributed by atoms with van der Waals surface area (Å²) in [6.07, 6.45) is 8.38. The van der Waals surface area contributed by atoms with Crippen LogP contribution in [0.3, 0.4) is 0 Å². The van der Waals surface area contributed by atoms with Crippen molar-refractivity contribution in [3.63, 3.8) is 0 Å². The lowest BCUT2D eigenvalue weighted by molar-refractivity contribution is -0.124. The van der Waals surface area contributed by atoms with Gasteiger partial charge in [-0.05, 0) is 58.0 Å². The van der Waals surface area contributed by atoms with E-state index in [0.717, 1.165) is 38.5 Å². The zero-order valence-corrected chi connectivity index (χ0v) is 13.1. The number of amides is 1. The molecule has 0 aromatic rings. The highest BCUT2D eigenvalue weighted by atomic mass is 16.2.